The van der Waals surface area contributed by atoms with E-state index in [1.54, 1.807) is 50.8 Å². The second-order valence-electron chi connectivity index (χ2n) is 5.50. The molecule has 0 bridgehead atoms. The SMILES string of the molecule is CNC(=O)c1ccc(NC(=O)Cc2coc3cc(OC)ccc23)cc1. The average Bonchev–Trinajstić information content (AvgIpc) is 3.03. The number of carbonyl (C=O) groups is 2. The van der Waals surface area contributed by atoms with Crippen molar-refractivity contribution in [3.8, 4) is 5.75 Å². The highest BCUT2D eigenvalue weighted by atomic mass is 16.5. The molecule has 3 rings (SSSR count). The quantitative estimate of drug-likeness (QED) is 0.749. The minimum atomic E-state index is -0.168. The number of nitrogens with one attached hydrogen (secondary N) is 2. The monoisotopic (exact) mass is 338 g/mol. The van der Waals surface area contributed by atoms with Gasteiger partial charge in [0.25, 0.3) is 5.91 Å². The third-order valence-electron chi connectivity index (χ3n) is 3.87. The number of benzene rings is 2. The maximum absolute atomic E-state index is 12.3. The lowest BCUT2D eigenvalue weighted by atomic mass is 10.1. The molecule has 3 aromatic rings. The molecule has 6 nitrogen and oxygen atoms in total. The fraction of sp³-hybridized carbons (Fsp3) is 0.158. The van der Waals surface area contributed by atoms with Gasteiger partial charge in [0, 0.05) is 35.3 Å². The molecule has 128 valence electrons. The summed E-state index contributed by atoms with van der Waals surface area (Å²) < 4.78 is 10.7. The van der Waals surface area contributed by atoms with Gasteiger partial charge in [0.1, 0.15) is 11.3 Å². The van der Waals surface area contributed by atoms with E-state index in [2.05, 4.69) is 10.6 Å². The number of methoxy groups -OCH3 is 1. The summed E-state index contributed by atoms with van der Waals surface area (Å²) in [5, 5.41) is 6.25. The minimum Gasteiger partial charge on any atom is -0.497 e. The van der Waals surface area contributed by atoms with E-state index in [1.165, 1.54) is 0 Å². The number of furan rings is 1. The second kappa shape index (κ2) is 7.09. The number of hydrogen-bond donors (Lipinski definition) is 2. The Bertz CT molecular complexity index is 913. The molecule has 2 aromatic carbocycles. The van der Waals surface area contributed by atoms with E-state index in [0.717, 1.165) is 10.9 Å². The van der Waals surface area contributed by atoms with Gasteiger partial charge in [-0.25, -0.2) is 0 Å². The molecule has 0 atom stereocenters. The van der Waals surface area contributed by atoms with Crippen molar-refractivity contribution < 1.29 is 18.7 Å². The molecule has 0 radical (unpaired) electrons. The Morgan fingerprint density at radius 1 is 1.12 bits per heavy atom. The molecular weight excluding hydrogens is 320 g/mol. The Morgan fingerprint density at radius 2 is 1.88 bits per heavy atom. The smallest absolute Gasteiger partial charge is 0.251 e. The number of rotatable bonds is 5. The van der Waals surface area contributed by atoms with Crippen LogP contribution in [0.5, 0.6) is 5.75 Å². The zero-order valence-electron chi connectivity index (χ0n) is 14.0. The van der Waals surface area contributed by atoms with Gasteiger partial charge in [-0.1, -0.05) is 0 Å². The molecule has 1 heterocycles. The Balaban J connectivity index is 1.69. The van der Waals surface area contributed by atoms with Crippen LogP contribution >= 0.6 is 0 Å². The topological polar surface area (TPSA) is 80.6 Å². The molecule has 0 unspecified atom stereocenters. The summed E-state index contributed by atoms with van der Waals surface area (Å²) in [5.74, 6) is 0.374. The minimum absolute atomic E-state index is 0.161. The summed E-state index contributed by atoms with van der Waals surface area (Å²) in [6.07, 6.45) is 1.77. The van der Waals surface area contributed by atoms with Crippen molar-refractivity contribution >= 4 is 28.5 Å². The van der Waals surface area contributed by atoms with E-state index in [-0.39, 0.29) is 18.2 Å². The zero-order valence-corrected chi connectivity index (χ0v) is 14.0. The summed E-state index contributed by atoms with van der Waals surface area (Å²) in [6, 6.07) is 12.2. The summed E-state index contributed by atoms with van der Waals surface area (Å²) in [7, 11) is 3.16. The number of hydrogen-bond acceptors (Lipinski definition) is 4. The van der Waals surface area contributed by atoms with Gasteiger partial charge < -0.3 is 19.8 Å². The maximum atomic E-state index is 12.3. The van der Waals surface area contributed by atoms with Crippen LogP contribution in [-0.4, -0.2) is 26.0 Å². The van der Waals surface area contributed by atoms with Crippen molar-refractivity contribution in [1.29, 1.82) is 0 Å². The molecule has 0 aliphatic carbocycles. The fourth-order valence-corrected chi connectivity index (χ4v) is 2.55. The van der Waals surface area contributed by atoms with Gasteiger partial charge in [-0.15, -0.1) is 0 Å². The highest BCUT2D eigenvalue weighted by molar-refractivity contribution is 5.97. The van der Waals surface area contributed by atoms with Crippen LogP contribution in [0.2, 0.25) is 0 Å². The molecule has 6 heteroatoms. The first-order valence-corrected chi connectivity index (χ1v) is 7.77. The fourth-order valence-electron chi connectivity index (χ4n) is 2.55. The molecule has 25 heavy (non-hydrogen) atoms. The highest BCUT2D eigenvalue weighted by Gasteiger charge is 2.12. The van der Waals surface area contributed by atoms with Gasteiger partial charge >= 0.3 is 0 Å². The van der Waals surface area contributed by atoms with Crippen LogP contribution in [0.1, 0.15) is 15.9 Å². The number of fused-ring (bicyclic) bond motifs is 1. The van der Waals surface area contributed by atoms with Crippen molar-refractivity contribution in [1.82, 2.24) is 5.32 Å². The highest BCUT2D eigenvalue weighted by Crippen LogP contribution is 2.26. The number of carbonyl (C=O) groups excluding carboxylic acids is 2. The van der Waals surface area contributed by atoms with Gasteiger partial charge in [-0.3, -0.25) is 9.59 Å². The summed E-state index contributed by atoms with van der Waals surface area (Å²) in [4.78, 5) is 23.8. The third-order valence-corrected chi connectivity index (χ3v) is 3.87. The number of anilines is 1. The Kier molecular flexibility index (Phi) is 4.70. The van der Waals surface area contributed by atoms with Gasteiger partial charge in [-0.2, -0.15) is 0 Å². The van der Waals surface area contributed by atoms with Crippen LogP contribution < -0.4 is 15.4 Å². The van der Waals surface area contributed by atoms with E-state index < -0.39 is 0 Å². The molecule has 0 saturated carbocycles. The van der Waals surface area contributed by atoms with Crippen molar-refractivity contribution in [3.05, 3.63) is 59.9 Å². The van der Waals surface area contributed by atoms with E-state index in [9.17, 15) is 9.59 Å². The lowest BCUT2D eigenvalue weighted by Gasteiger charge is -2.06. The first-order chi connectivity index (χ1) is 12.1. The van der Waals surface area contributed by atoms with E-state index >= 15 is 0 Å². The standard InChI is InChI=1S/C19H18N2O4/c1-20-19(23)12-3-5-14(6-4-12)21-18(22)9-13-11-25-17-10-15(24-2)7-8-16(13)17/h3-8,10-11H,9H2,1-2H3,(H,20,23)(H,21,22). The van der Waals surface area contributed by atoms with Crippen molar-refractivity contribution in [3.63, 3.8) is 0 Å². The number of ether oxygens (including phenoxy) is 1. The van der Waals surface area contributed by atoms with E-state index in [0.29, 0.717) is 22.6 Å². The molecule has 0 aliphatic rings. The van der Waals surface area contributed by atoms with Crippen LogP contribution in [0.3, 0.4) is 0 Å². The molecule has 0 aliphatic heterocycles. The summed E-state index contributed by atoms with van der Waals surface area (Å²) >= 11 is 0. The van der Waals surface area contributed by atoms with Crippen LogP contribution in [0.25, 0.3) is 11.0 Å². The first kappa shape index (κ1) is 16.6. The molecule has 0 saturated heterocycles. The summed E-state index contributed by atoms with van der Waals surface area (Å²) in [6.45, 7) is 0. The molecule has 1 aromatic heterocycles. The van der Waals surface area contributed by atoms with Crippen molar-refractivity contribution in [2.24, 2.45) is 0 Å². The van der Waals surface area contributed by atoms with Gasteiger partial charge in [0.15, 0.2) is 0 Å². The van der Waals surface area contributed by atoms with Gasteiger partial charge in [-0.05, 0) is 36.4 Å². The number of amides is 2. The lowest BCUT2D eigenvalue weighted by Crippen LogP contribution is -2.18. The zero-order chi connectivity index (χ0) is 17.8. The maximum Gasteiger partial charge on any atom is 0.251 e. The van der Waals surface area contributed by atoms with Gasteiger partial charge in [0.05, 0.1) is 19.8 Å². The Labute approximate surface area is 144 Å². The second-order valence-corrected chi connectivity index (χ2v) is 5.50. The normalized spacial score (nSPS) is 10.5. The van der Waals surface area contributed by atoms with E-state index in [4.69, 9.17) is 9.15 Å². The van der Waals surface area contributed by atoms with Crippen LogP contribution in [0.4, 0.5) is 5.69 Å². The Morgan fingerprint density at radius 3 is 2.56 bits per heavy atom. The van der Waals surface area contributed by atoms with Crippen LogP contribution in [0.15, 0.2) is 53.1 Å². The molecule has 2 N–H and O–H groups in total. The molecule has 0 spiro atoms. The van der Waals surface area contributed by atoms with Crippen LogP contribution in [-0.2, 0) is 11.2 Å². The molecule has 2 amide bonds. The van der Waals surface area contributed by atoms with Crippen molar-refractivity contribution in [2.75, 3.05) is 19.5 Å². The molecular formula is C19H18N2O4. The average molecular weight is 338 g/mol. The molecule has 0 fully saturated rings. The predicted molar refractivity (Wildman–Crippen MR) is 94.9 cm³/mol. The largest absolute Gasteiger partial charge is 0.497 e. The third kappa shape index (κ3) is 3.63. The predicted octanol–water partition coefficient (Wildman–Crippen LogP) is 2.98. The first-order valence-electron chi connectivity index (χ1n) is 7.77. The lowest BCUT2D eigenvalue weighted by molar-refractivity contribution is -0.115. The van der Waals surface area contributed by atoms with Crippen molar-refractivity contribution in [2.45, 2.75) is 6.42 Å². The Hall–Kier alpha value is -3.28. The van der Waals surface area contributed by atoms with Crippen LogP contribution in [0, 0.1) is 0 Å². The van der Waals surface area contributed by atoms with E-state index in [1.807, 2.05) is 12.1 Å². The summed E-state index contributed by atoms with van der Waals surface area (Å²) in [5.41, 5.74) is 2.65. The van der Waals surface area contributed by atoms with Gasteiger partial charge in [0.2, 0.25) is 5.91 Å².